The third kappa shape index (κ3) is 1.82. The van der Waals surface area contributed by atoms with Crippen LogP contribution < -0.4 is 5.73 Å². The predicted molar refractivity (Wildman–Crippen MR) is 55.7 cm³/mol. The van der Waals surface area contributed by atoms with Gasteiger partial charge in [0.25, 0.3) is 0 Å². The van der Waals surface area contributed by atoms with Crippen LogP contribution in [0.3, 0.4) is 0 Å². The molecule has 2 N–H and O–H groups in total. The first-order chi connectivity index (χ1) is 6.79. The van der Waals surface area contributed by atoms with E-state index in [0.717, 1.165) is 38.8 Å². The van der Waals surface area contributed by atoms with Crippen LogP contribution in [0.5, 0.6) is 0 Å². The van der Waals surface area contributed by atoms with Gasteiger partial charge in [-0.3, -0.25) is 4.79 Å². The van der Waals surface area contributed by atoms with Crippen LogP contribution in [0.25, 0.3) is 0 Å². The van der Waals surface area contributed by atoms with Crippen molar-refractivity contribution in [2.75, 3.05) is 13.1 Å². The van der Waals surface area contributed by atoms with E-state index in [9.17, 15) is 4.79 Å². The van der Waals surface area contributed by atoms with E-state index in [1.165, 1.54) is 0 Å². The molecule has 2 aliphatic rings. The van der Waals surface area contributed by atoms with Crippen molar-refractivity contribution >= 4 is 5.91 Å². The van der Waals surface area contributed by atoms with Gasteiger partial charge in [0.05, 0.1) is 5.92 Å². The van der Waals surface area contributed by atoms with Crippen molar-refractivity contribution < 1.29 is 4.79 Å². The van der Waals surface area contributed by atoms with E-state index in [-0.39, 0.29) is 17.9 Å². The van der Waals surface area contributed by atoms with Gasteiger partial charge in [0.15, 0.2) is 0 Å². The Morgan fingerprint density at radius 2 is 1.86 bits per heavy atom. The van der Waals surface area contributed by atoms with Crippen LogP contribution in [0.2, 0.25) is 0 Å². The standard InChI is InChI=1S/C11H18N2O/c12-10-6-2-1-5-9(10)11(14)13-7-3-4-8-13/h1-2,9-10H,3-8,12H2. The van der Waals surface area contributed by atoms with Gasteiger partial charge < -0.3 is 10.6 Å². The fraction of sp³-hybridized carbons (Fsp3) is 0.727. The zero-order chi connectivity index (χ0) is 9.97. The summed E-state index contributed by atoms with van der Waals surface area (Å²) >= 11 is 0. The molecule has 3 nitrogen and oxygen atoms in total. The van der Waals surface area contributed by atoms with Crippen LogP contribution in [0.4, 0.5) is 0 Å². The molecule has 2 unspecified atom stereocenters. The largest absolute Gasteiger partial charge is 0.342 e. The minimum absolute atomic E-state index is 0.0353. The topological polar surface area (TPSA) is 46.3 Å². The van der Waals surface area contributed by atoms with Gasteiger partial charge in [-0.15, -0.1) is 0 Å². The Labute approximate surface area is 84.9 Å². The second-order valence-corrected chi connectivity index (χ2v) is 4.25. The molecule has 78 valence electrons. The minimum Gasteiger partial charge on any atom is -0.342 e. The SMILES string of the molecule is NC1CC=CCC1C(=O)N1CCCC1. The summed E-state index contributed by atoms with van der Waals surface area (Å²) in [6, 6.07) is 0.0353. The molecule has 1 heterocycles. The van der Waals surface area contributed by atoms with Crippen molar-refractivity contribution in [3.05, 3.63) is 12.2 Å². The number of hydrogen-bond acceptors (Lipinski definition) is 2. The molecular weight excluding hydrogens is 176 g/mol. The third-order valence-corrected chi connectivity index (χ3v) is 3.22. The highest BCUT2D eigenvalue weighted by molar-refractivity contribution is 5.80. The second-order valence-electron chi connectivity index (χ2n) is 4.25. The number of nitrogens with zero attached hydrogens (tertiary/aromatic N) is 1. The average molecular weight is 194 g/mol. The number of carbonyl (C=O) groups is 1. The number of rotatable bonds is 1. The van der Waals surface area contributed by atoms with E-state index < -0.39 is 0 Å². The number of likely N-dealkylation sites (tertiary alicyclic amines) is 1. The third-order valence-electron chi connectivity index (χ3n) is 3.22. The lowest BCUT2D eigenvalue weighted by molar-refractivity contribution is -0.135. The van der Waals surface area contributed by atoms with E-state index in [0.29, 0.717) is 0 Å². The van der Waals surface area contributed by atoms with Gasteiger partial charge in [-0.1, -0.05) is 12.2 Å². The molecule has 0 saturated carbocycles. The molecule has 2 atom stereocenters. The molecule has 0 spiro atoms. The molecule has 0 aromatic heterocycles. The Morgan fingerprint density at radius 1 is 1.21 bits per heavy atom. The van der Waals surface area contributed by atoms with Gasteiger partial charge in [0, 0.05) is 19.1 Å². The number of carbonyl (C=O) groups excluding carboxylic acids is 1. The van der Waals surface area contributed by atoms with Crippen molar-refractivity contribution in [2.45, 2.75) is 31.7 Å². The Hall–Kier alpha value is -0.830. The van der Waals surface area contributed by atoms with Crippen LogP contribution >= 0.6 is 0 Å². The predicted octanol–water partition coefficient (Wildman–Crippen LogP) is 0.902. The van der Waals surface area contributed by atoms with E-state index in [1.54, 1.807) is 0 Å². The van der Waals surface area contributed by atoms with Crippen molar-refractivity contribution in [1.29, 1.82) is 0 Å². The molecule has 3 heteroatoms. The Bertz CT molecular complexity index is 244. The summed E-state index contributed by atoms with van der Waals surface area (Å²) in [5, 5.41) is 0. The first-order valence-corrected chi connectivity index (χ1v) is 5.48. The van der Waals surface area contributed by atoms with E-state index in [2.05, 4.69) is 12.2 Å². The zero-order valence-corrected chi connectivity index (χ0v) is 8.48. The lowest BCUT2D eigenvalue weighted by atomic mass is 9.88. The number of amides is 1. The normalized spacial score (nSPS) is 32.2. The van der Waals surface area contributed by atoms with Crippen molar-refractivity contribution in [3.63, 3.8) is 0 Å². The van der Waals surface area contributed by atoms with Crippen LogP contribution in [0, 0.1) is 5.92 Å². The highest BCUT2D eigenvalue weighted by atomic mass is 16.2. The fourth-order valence-corrected chi connectivity index (χ4v) is 2.29. The molecule has 0 bridgehead atoms. The molecule has 1 aliphatic carbocycles. The molecule has 0 aromatic rings. The van der Waals surface area contributed by atoms with Crippen LogP contribution in [-0.2, 0) is 4.79 Å². The summed E-state index contributed by atoms with van der Waals surface area (Å²) in [6.07, 6.45) is 8.16. The van der Waals surface area contributed by atoms with Crippen LogP contribution in [-0.4, -0.2) is 29.9 Å². The molecule has 14 heavy (non-hydrogen) atoms. The lowest BCUT2D eigenvalue weighted by Gasteiger charge is -2.28. The summed E-state index contributed by atoms with van der Waals surface area (Å²) in [4.78, 5) is 14.0. The molecular formula is C11H18N2O. The van der Waals surface area contributed by atoms with E-state index in [4.69, 9.17) is 5.73 Å². The number of allylic oxidation sites excluding steroid dienone is 1. The molecule has 1 amide bonds. The van der Waals surface area contributed by atoms with Gasteiger partial charge in [-0.2, -0.15) is 0 Å². The van der Waals surface area contributed by atoms with E-state index >= 15 is 0 Å². The van der Waals surface area contributed by atoms with Crippen molar-refractivity contribution in [3.8, 4) is 0 Å². The highest BCUT2D eigenvalue weighted by Gasteiger charge is 2.30. The van der Waals surface area contributed by atoms with Gasteiger partial charge in [0.1, 0.15) is 0 Å². The maximum Gasteiger partial charge on any atom is 0.227 e. The first-order valence-electron chi connectivity index (χ1n) is 5.48. The molecule has 2 rings (SSSR count). The number of nitrogens with two attached hydrogens (primary N) is 1. The van der Waals surface area contributed by atoms with E-state index in [1.807, 2.05) is 4.90 Å². The minimum atomic E-state index is 0.0353. The van der Waals surface area contributed by atoms with Crippen molar-refractivity contribution in [1.82, 2.24) is 4.90 Å². The van der Waals surface area contributed by atoms with Gasteiger partial charge in [-0.05, 0) is 25.7 Å². The smallest absolute Gasteiger partial charge is 0.227 e. The zero-order valence-electron chi connectivity index (χ0n) is 8.48. The van der Waals surface area contributed by atoms with Gasteiger partial charge >= 0.3 is 0 Å². The van der Waals surface area contributed by atoms with Crippen LogP contribution in [0.15, 0.2) is 12.2 Å². The summed E-state index contributed by atoms with van der Waals surface area (Å²) in [7, 11) is 0. The summed E-state index contributed by atoms with van der Waals surface area (Å²) in [5.74, 6) is 0.317. The van der Waals surface area contributed by atoms with Gasteiger partial charge in [0.2, 0.25) is 5.91 Å². The summed E-state index contributed by atoms with van der Waals surface area (Å²) < 4.78 is 0. The molecule has 1 saturated heterocycles. The van der Waals surface area contributed by atoms with Crippen LogP contribution in [0.1, 0.15) is 25.7 Å². The second kappa shape index (κ2) is 4.13. The Kier molecular flexibility index (Phi) is 2.87. The maximum atomic E-state index is 12.0. The summed E-state index contributed by atoms with van der Waals surface area (Å²) in [5.41, 5.74) is 5.95. The molecule has 0 radical (unpaired) electrons. The quantitative estimate of drug-likeness (QED) is 0.630. The Morgan fingerprint density at radius 3 is 2.50 bits per heavy atom. The molecule has 1 aliphatic heterocycles. The lowest BCUT2D eigenvalue weighted by Crippen LogP contribution is -2.43. The molecule has 1 fully saturated rings. The first kappa shape index (κ1) is 9.71. The maximum absolute atomic E-state index is 12.0. The van der Waals surface area contributed by atoms with Crippen molar-refractivity contribution in [2.24, 2.45) is 11.7 Å². The van der Waals surface area contributed by atoms with Gasteiger partial charge in [-0.25, -0.2) is 0 Å². The monoisotopic (exact) mass is 194 g/mol. The molecule has 0 aromatic carbocycles. The fourth-order valence-electron chi connectivity index (χ4n) is 2.29. The average Bonchev–Trinajstić information content (AvgIpc) is 2.70. The Balaban J connectivity index is 1.99. The summed E-state index contributed by atoms with van der Waals surface area (Å²) in [6.45, 7) is 1.87. The number of hydrogen-bond donors (Lipinski definition) is 1. The highest BCUT2D eigenvalue weighted by Crippen LogP contribution is 2.22.